The SMILES string of the molecule is C[C@H](NC(=O)c1ccc(N)c(Cl)c1)C1CCCCCC1. The smallest absolute Gasteiger partial charge is 0.251 e. The predicted molar refractivity (Wildman–Crippen MR) is 84.0 cm³/mol. The fraction of sp³-hybridized carbons (Fsp3) is 0.562. The number of rotatable bonds is 3. The van der Waals surface area contributed by atoms with Crippen molar-refractivity contribution in [2.75, 3.05) is 5.73 Å². The van der Waals surface area contributed by atoms with Crippen LogP contribution in [-0.4, -0.2) is 11.9 Å². The Labute approximate surface area is 125 Å². The summed E-state index contributed by atoms with van der Waals surface area (Å²) in [5.41, 5.74) is 6.73. The fourth-order valence-electron chi connectivity index (χ4n) is 2.89. The fourth-order valence-corrected chi connectivity index (χ4v) is 3.07. The van der Waals surface area contributed by atoms with Crippen LogP contribution in [0.4, 0.5) is 5.69 Å². The molecule has 1 amide bonds. The average Bonchev–Trinajstić information content (AvgIpc) is 2.70. The monoisotopic (exact) mass is 294 g/mol. The van der Waals surface area contributed by atoms with Crippen molar-refractivity contribution in [1.82, 2.24) is 5.32 Å². The largest absolute Gasteiger partial charge is 0.398 e. The molecule has 0 heterocycles. The van der Waals surface area contributed by atoms with Crippen LogP contribution >= 0.6 is 11.6 Å². The first-order chi connectivity index (χ1) is 9.58. The molecule has 0 bridgehead atoms. The second-order valence-electron chi connectivity index (χ2n) is 5.75. The van der Waals surface area contributed by atoms with Gasteiger partial charge in [0, 0.05) is 11.6 Å². The van der Waals surface area contributed by atoms with E-state index in [-0.39, 0.29) is 11.9 Å². The molecule has 3 nitrogen and oxygen atoms in total. The maximum Gasteiger partial charge on any atom is 0.251 e. The van der Waals surface area contributed by atoms with E-state index in [0.29, 0.717) is 22.2 Å². The van der Waals surface area contributed by atoms with E-state index in [1.165, 1.54) is 38.5 Å². The Morgan fingerprint density at radius 1 is 1.30 bits per heavy atom. The Morgan fingerprint density at radius 2 is 1.95 bits per heavy atom. The summed E-state index contributed by atoms with van der Waals surface area (Å²) in [6.07, 6.45) is 7.63. The Morgan fingerprint density at radius 3 is 2.55 bits per heavy atom. The van der Waals surface area contributed by atoms with Gasteiger partial charge in [-0.15, -0.1) is 0 Å². The van der Waals surface area contributed by atoms with Gasteiger partial charge in [0.1, 0.15) is 0 Å². The Bertz CT molecular complexity index is 468. The van der Waals surface area contributed by atoms with Gasteiger partial charge in [-0.05, 0) is 43.9 Å². The van der Waals surface area contributed by atoms with Crippen LogP contribution in [0.15, 0.2) is 18.2 Å². The number of carbonyl (C=O) groups excluding carboxylic acids is 1. The van der Waals surface area contributed by atoms with Crippen molar-refractivity contribution >= 4 is 23.2 Å². The molecule has 1 aliphatic rings. The van der Waals surface area contributed by atoms with Crippen molar-refractivity contribution in [3.63, 3.8) is 0 Å². The molecule has 1 aromatic carbocycles. The van der Waals surface area contributed by atoms with Crippen LogP contribution in [-0.2, 0) is 0 Å². The first-order valence-electron chi connectivity index (χ1n) is 7.44. The van der Waals surface area contributed by atoms with E-state index < -0.39 is 0 Å². The number of nitrogen functional groups attached to an aromatic ring is 1. The molecular weight excluding hydrogens is 272 g/mol. The van der Waals surface area contributed by atoms with Crippen LogP contribution < -0.4 is 11.1 Å². The van der Waals surface area contributed by atoms with Crippen molar-refractivity contribution in [2.45, 2.75) is 51.5 Å². The molecule has 110 valence electrons. The third kappa shape index (κ3) is 3.89. The zero-order chi connectivity index (χ0) is 14.5. The van der Waals surface area contributed by atoms with Gasteiger partial charge < -0.3 is 11.1 Å². The lowest BCUT2D eigenvalue weighted by atomic mass is 9.93. The minimum absolute atomic E-state index is 0.0661. The van der Waals surface area contributed by atoms with Gasteiger partial charge in [0.25, 0.3) is 5.91 Å². The maximum absolute atomic E-state index is 12.2. The van der Waals surface area contributed by atoms with E-state index in [4.69, 9.17) is 17.3 Å². The Balaban J connectivity index is 1.97. The number of nitrogens with two attached hydrogens (primary N) is 1. The van der Waals surface area contributed by atoms with Gasteiger partial charge in [0.15, 0.2) is 0 Å². The highest BCUT2D eigenvalue weighted by Crippen LogP contribution is 2.26. The first kappa shape index (κ1) is 15.2. The van der Waals surface area contributed by atoms with E-state index in [1.807, 2.05) is 0 Å². The first-order valence-corrected chi connectivity index (χ1v) is 7.81. The van der Waals surface area contributed by atoms with Crippen LogP contribution in [0, 0.1) is 5.92 Å². The van der Waals surface area contributed by atoms with E-state index >= 15 is 0 Å². The van der Waals surface area contributed by atoms with Gasteiger partial charge in [-0.2, -0.15) is 0 Å². The topological polar surface area (TPSA) is 55.1 Å². The van der Waals surface area contributed by atoms with Crippen molar-refractivity contribution in [3.8, 4) is 0 Å². The normalized spacial score (nSPS) is 18.3. The van der Waals surface area contributed by atoms with Crippen LogP contribution in [0.5, 0.6) is 0 Å². The standard InChI is InChI=1S/C16H23ClN2O/c1-11(12-6-4-2-3-5-7-12)19-16(20)13-8-9-15(18)14(17)10-13/h8-12H,2-7,18H2,1H3,(H,19,20)/t11-/m0/s1. The van der Waals surface area contributed by atoms with E-state index in [1.54, 1.807) is 18.2 Å². The molecule has 1 aliphatic carbocycles. The lowest BCUT2D eigenvalue weighted by Crippen LogP contribution is -2.38. The second kappa shape index (κ2) is 6.98. The van der Waals surface area contributed by atoms with Crippen molar-refractivity contribution in [1.29, 1.82) is 0 Å². The number of nitrogens with one attached hydrogen (secondary N) is 1. The summed E-state index contributed by atoms with van der Waals surface area (Å²) in [4.78, 5) is 12.2. The lowest BCUT2D eigenvalue weighted by Gasteiger charge is -2.23. The molecule has 0 spiro atoms. The molecule has 0 aliphatic heterocycles. The average molecular weight is 295 g/mol. The lowest BCUT2D eigenvalue weighted by molar-refractivity contribution is 0.0924. The molecule has 20 heavy (non-hydrogen) atoms. The van der Waals surface area contributed by atoms with Gasteiger partial charge >= 0.3 is 0 Å². The predicted octanol–water partition coefficient (Wildman–Crippen LogP) is 4.01. The summed E-state index contributed by atoms with van der Waals surface area (Å²) in [7, 11) is 0. The molecule has 1 fully saturated rings. The number of halogens is 1. The summed E-state index contributed by atoms with van der Waals surface area (Å²) in [6.45, 7) is 2.10. The Hall–Kier alpha value is -1.22. The molecule has 0 saturated heterocycles. The van der Waals surface area contributed by atoms with Crippen LogP contribution in [0.3, 0.4) is 0 Å². The molecule has 1 saturated carbocycles. The quantitative estimate of drug-likeness (QED) is 0.654. The molecule has 2 rings (SSSR count). The zero-order valence-corrected chi connectivity index (χ0v) is 12.7. The molecule has 1 atom stereocenters. The Kier molecular flexibility index (Phi) is 5.30. The highest BCUT2D eigenvalue weighted by Gasteiger charge is 2.21. The summed E-state index contributed by atoms with van der Waals surface area (Å²) in [5, 5.41) is 3.53. The van der Waals surface area contributed by atoms with Gasteiger partial charge in [-0.25, -0.2) is 0 Å². The van der Waals surface area contributed by atoms with Crippen molar-refractivity contribution in [2.24, 2.45) is 5.92 Å². The molecule has 3 N–H and O–H groups in total. The van der Waals surface area contributed by atoms with E-state index in [2.05, 4.69) is 12.2 Å². The molecule has 0 radical (unpaired) electrons. The zero-order valence-electron chi connectivity index (χ0n) is 12.0. The van der Waals surface area contributed by atoms with Crippen molar-refractivity contribution < 1.29 is 4.79 Å². The third-order valence-corrected chi connectivity index (χ3v) is 4.56. The minimum Gasteiger partial charge on any atom is -0.398 e. The molecule has 4 heteroatoms. The van der Waals surface area contributed by atoms with E-state index in [9.17, 15) is 4.79 Å². The second-order valence-corrected chi connectivity index (χ2v) is 6.16. The van der Waals surface area contributed by atoms with Gasteiger partial charge in [-0.3, -0.25) is 4.79 Å². The number of carbonyl (C=O) groups is 1. The highest BCUT2D eigenvalue weighted by molar-refractivity contribution is 6.33. The van der Waals surface area contributed by atoms with Gasteiger partial charge in [0.05, 0.1) is 10.7 Å². The molecule has 0 unspecified atom stereocenters. The van der Waals surface area contributed by atoms with E-state index in [0.717, 1.165) is 0 Å². The van der Waals surface area contributed by atoms with Crippen LogP contribution in [0.2, 0.25) is 5.02 Å². The third-order valence-electron chi connectivity index (χ3n) is 4.23. The number of hydrogen-bond acceptors (Lipinski definition) is 2. The molecule has 0 aromatic heterocycles. The summed E-state index contributed by atoms with van der Waals surface area (Å²) in [5.74, 6) is 0.523. The number of hydrogen-bond donors (Lipinski definition) is 2. The van der Waals surface area contributed by atoms with Gasteiger partial charge in [0.2, 0.25) is 0 Å². The number of benzene rings is 1. The number of anilines is 1. The summed E-state index contributed by atoms with van der Waals surface area (Å²) >= 11 is 5.96. The summed E-state index contributed by atoms with van der Waals surface area (Å²) < 4.78 is 0. The van der Waals surface area contributed by atoms with Crippen LogP contribution in [0.25, 0.3) is 0 Å². The minimum atomic E-state index is -0.0661. The summed E-state index contributed by atoms with van der Waals surface area (Å²) in [6, 6.07) is 5.23. The van der Waals surface area contributed by atoms with Crippen molar-refractivity contribution in [3.05, 3.63) is 28.8 Å². The molecular formula is C16H23ClN2O. The number of amides is 1. The maximum atomic E-state index is 12.2. The highest BCUT2D eigenvalue weighted by atomic mass is 35.5. The van der Waals surface area contributed by atoms with Crippen LogP contribution in [0.1, 0.15) is 55.8 Å². The van der Waals surface area contributed by atoms with Gasteiger partial charge in [-0.1, -0.05) is 37.3 Å². The molecule has 1 aromatic rings.